The molecule has 19 heteroatoms. The summed E-state index contributed by atoms with van der Waals surface area (Å²) in [5.41, 5.74) is 41.1. The molecule has 19 nitrogen and oxygen atoms in total. The average molecular weight is 1450 g/mol. The second kappa shape index (κ2) is 21.4. The van der Waals surface area contributed by atoms with E-state index in [0.29, 0.717) is 6.04 Å². The maximum atomic E-state index is 5.06. The Hall–Kier alpha value is -14.2. The molecule has 1 atom stereocenters. The third-order valence-electron chi connectivity index (χ3n) is 25.4. The van der Waals surface area contributed by atoms with E-state index in [9.17, 15) is 0 Å². The topological polar surface area (TPSA) is 134 Å². The zero-order chi connectivity index (χ0) is 74.6. The number of fused-ring (bicyclic) bond motifs is 28. The number of imidazole rings is 8. The van der Waals surface area contributed by atoms with Gasteiger partial charge in [0.1, 0.15) is 43.9 Å². The summed E-state index contributed by atoms with van der Waals surface area (Å²) in [6, 6.07) is 69.4. The predicted octanol–water partition coefficient (Wildman–Crippen LogP) is 16.9. The van der Waals surface area contributed by atoms with E-state index in [1.807, 2.05) is 12.1 Å². The second-order valence-corrected chi connectivity index (χ2v) is 31.4. The van der Waals surface area contributed by atoms with Crippen molar-refractivity contribution in [2.75, 3.05) is 0 Å². The van der Waals surface area contributed by atoms with E-state index in [0.717, 1.165) is 108 Å². The number of benzene rings is 10. The summed E-state index contributed by atoms with van der Waals surface area (Å²) in [4.78, 5) is 29.4. The Balaban J connectivity index is 0.0000000847. The van der Waals surface area contributed by atoms with Crippen LogP contribution in [0.2, 0.25) is 0 Å². The Morgan fingerprint density at radius 1 is 0.357 bits per heavy atom. The third-order valence-corrected chi connectivity index (χ3v) is 25.4. The van der Waals surface area contributed by atoms with Crippen LogP contribution >= 0.6 is 0 Å². The van der Waals surface area contributed by atoms with Crippen molar-refractivity contribution in [2.24, 2.45) is 28.2 Å². The van der Waals surface area contributed by atoms with E-state index >= 15 is 0 Å². The first-order chi connectivity index (χ1) is 54.8. The number of hydrogen-bond acceptors (Lipinski definition) is 6. The molecule has 112 heavy (non-hydrogen) atoms. The number of nitrogens with zero attached hydrogens (tertiary/aromatic N) is 19. The van der Waals surface area contributed by atoms with Gasteiger partial charge in [0, 0.05) is 23.3 Å². The molecule has 1 aliphatic heterocycles. The van der Waals surface area contributed by atoms with Crippen molar-refractivity contribution in [1.29, 1.82) is 0 Å². The van der Waals surface area contributed by atoms with Crippen molar-refractivity contribution in [3.63, 3.8) is 0 Å². The highest BCUT2D eigenvalue weighted by molar-refractivity contribution is 6.22. The summed E-state index contributed by atoms with van der Waals surface area (Å²) in [7, 11) is 8.58. The van der Waals surface area contributed by atoms with Gasteiger partial charge in [-0.2, -0.15) is 4.68 Å². The van der Waals surface area contributed by atoms with Crippen molar-refractivity contribution in [3.05, 3.63) is 264 Å². The fraction of sp³-hybridized carbons (Fsp3) is 0.140. The van der Waals surface area contributed by atoms with E-state index in [1.165, 1.54) is 149 Å². The number of hydrogen-bond donors (Lipinski definition) is 0. The smallest absolute Gasteiger partial charge is 0.269 e. The minimum atomic E-state index is 0.383. The lowest BCUT2D eigenvalue weighted by molar-refractivity contribution is -0.660. The number of aryl methyl sites for hydroxylation is 11. The van der Waals surface area contributed by atoms with Gasteiger partial charge >= 0.3 is 0 Å². The van der Waals surface area contributed by atoms with Crippen molar-refractivity contribution >= 4 is 188 Å². The van der Waals surface area contributed by atoms with Gasteiger partial charge in [-0.3, -0.25) is 30.8 Å². The zero-order valence-electron chi connectivity index (χ0n) is 63.3. The molecule has 0 fully saturated rings. The van der Waals surface area contributed by atoms with Crippen LogP contribution in [0.5, 0.6) is 0 Å². The molecule has 0 radical (unpaired) electrons. The second-order valence-electron chi connectivity index (χ2n) is 31.4. The van der Waals surface area contributed by atoms with Gasteiger partial charge in [-0.05, 0) is 173 Å². The van der Waals surface area contributed by atoms with Crippen LogP contribution in [0.25, 0.3) is 199 Å². The first kappa shape index (κ1) is 61.8. The maximum Gasteiger partial charge on any atom is 0.269 e. The van der Waals surface area contributed by atoms with Crippen LogP contribution in [0, 0.1) is 41.5 Å². The first-order valence-corrected chi connectivity index (χ1v) is 38.5. The van der Waals surface area contributed by atoms with Crippen LogP contribution in [-0.4, -0.2) is 70.0 Å². The lowest BCUT2D eigenvalue weighted by atomic mass is 9.92. The molecule has 0 saturated heterocycles. The van der Waals surface area contributed by atoms with Crippen LogP contribution in [0.15, 0.2) is 219 Å². The molecular weight excluding hydrogens is 1380 g/mol. The van der Waals surface area contributed by atoms with Gasteiger partial charge in [0.05, 0.1) is 145 Å². The van der Waals surface area contributed by atoms with Crippen molar-refractivity contribution in [2.45, 2.75) is 60.4 Å². The van der Waals surface area contributed by atoms with Crippen molar-refractivity contribution in [1.82, 2.24) is 70.0 Å². The molecule has 534 valence electrons. The van der Waals surface area contributed by atoms with E-state index in [4.69, 9.17) is 24.9 Å². The minimum Gasteiger partial charge on any atom is -0.301 e. The Morgan fingerprint density at radius 2 is 0.857 bits per heavy atom. The lowest BCUT2D eigenvalue weighted by Gasteiger charge is -2.24. The lowest BCUT2D eigenvalue weighted by Crippen LogP contribution is -2.34. The molecule has 0 saturated carbocycles. The monoisotopic (exact) mass is 1450 g/mol. The van der Waals surface area contributed by atoms with Gasteiger partial charge in [0.25, 0.3) is 11.0 Å². The molecular formula is C93H71N19+4. The summed E-state index contributed by atoms with van der Waals surface area (Å²) in [5.74, 6) is 3.92. The maximum absolute atomic E-state index is 5.06. The largest absolute Gasteiger partial charge is 0.301 e. The molecule has 10 aromatic carbocycles. The van der Waals surface area contributed by atoms with E-state index in [2.05, 4.69) is 334 Å². The molecule has 0 spiro atoms. The molecule has 1 unspecified atom stereocenters. The van der Waals surface area contributed by atoms with E-state index < -0.39 is 0 Å². The fourth-order valence-corrected chi connectivity index (χ4v) is 20.6. The number of para-hydroxylation sites is 9. The van der Waals surface area contributed by atoms with Gasteiger partial charge in [-0.25, -0.2) is 43.6 Å². The quantitative estimate of drug-likeness (QED) is 0.0843. The Kier molecular flexibility index (Phi) is 11.8. The highest BCUT2D eigenvalue weighted by Crippen LogP contribution is 2.50. The predicted molar refractivity (Wildman–Crippen MR) is 444 cm³/mol. The summed E-state index contributed by atoms with van der Waals surface area (Å²) in [6.07, 6.45) is 10.5. The number of rotatable bonds is 0. The molecule has 0 N–H and O–H groups in total. The Bertz CT molecular complexity index is 8740. The van der Waals surface area contributed by atoms with Crippen LogP contribution in [0.1, 0.15) is 57.1 Å². The van der Waals surface area contributed by atoms with Gasteiger partial charge in [-0.15, -0.1) is 0 Å². The standard InChI is InChI=1S/C25H19N4.C23H18N5.C23H19N4.C22H15N6/c1-14-11-12-20-23-21(14)24-22-16(15(2)13-27(24)3)7-6-10-19(22)29(23)25-26-17-8-4-5-9-18(17)28(20)25;1-13-11-12-19-22-20(13)28-21-15(14(2)25(28)3)7-6-10-18(21)27(22)23-24-16-8-4-5-9-17(16)26(19)23;1-13-7-9-18-21-19(13)22-20-14(11-12-25(22)2)8-10-17(20)27(21)23-24-15-5-3-4-6-16(15)26(18)23;1-12-7-8-16-19-17(12)20-18-14(9-10-26(20)2)23-11-24-21(18)28(19)22-25-13-5-3-4-6-15(13)27(16)22/h4-13H,1-3H3;4-12H,1-3H3;3-7,9,11-12,17H,8,10H2,1-2H3;3-11H,1-2H3/q4*+1. The molecule has 0 amide bonds. The highest BCUT2D eigenvalue weighted by Gasteiger charge is 2.42. The number of pyridine rings is 5. The van der Waals surface area contributed by atoms with Crippen LogP contribution < -0.4 is 18.2 Å². The van der Waals surface area contributed by atoms with E-state index in [-0.39, 0.29) is 0 Å². The summed E-state index contributed by atoms with van der Waals surface area (Å²) < 4.78 is 30.1. The molecule has 2 aliphatic rings. The molecule has 17 heterocycles. The first-order valence-electron chi connectivity index (χ1n) is 38.5. The summed E-state index contributed by atoms with van der Waals surface area (Å²) >= 11 is 0. The summed E-state index contributed by atoms with van der Waals surface area (Å²) in [6.45, 7) is 13.2. The van der Waals surface area contributed by atoms with Crippen LogP contribution in [-0.2, 0) is 34.6 Å². The SMILES string of the molecule is Cc1c[n+](C)c2c3c(C)ccc4c3n(c3cccc1c32)c1nc2ccccc2n41.Cc1ccc2c3c1-c1c4c(cc[n+]1C)CCC4n3c1nc3ccccc3n21.Cc1ccc2c3c1[n+]1c4c(cccc4n3c3nc4ccccc4n23)c(C)n1C.Cc1ccc2c3c1c1c4c(cc[n+]1C)ncnc4n3c1nc3ccccc3n21. The van der Waals surface area contributed by atoms with Gasteiger partial charge in [0.2, 0.25) is 39.8 Å². The van der Waals surface area contributed by atoms with Crippen molar-refractivity contribution < 1.29 is 18.2 Å². The molecule has 28 rings (SSSR count). The van der Waals surface area contributed by atoms with Gasteiger partial charge in [-0.1, -0.05) is 95.5 Å². The highest BCUT2D eigenvalue weighted by atomic mass is 15.4. The Labute approximate surface area is 636 Å². The number of aromatic nitrogens is 19. The van der Waals surface area contributed by atoms with Crippen LogP contribution in [0.4, 0.5) is 0 Å². The molecule has 26 aromatic rings. The van der Waals surface area contributed by atoms with Gasteiger partial charge in [0.15, 0.2) is 24.2 Å². The fourth-order valence-electron chi connectivity index (χ4n) is 20.6. The molecule has 0 bridgehead atoms. The van der Waals surface area contributed by atoms with Crippen molar-refractivity contribution in [3.8, 4) is 11.3 Å². The average Bonchev–Trinajstić information content (AvgIpc) is 1.52. The molecule has 1 aliphatic carbocycles. The zero-order valence-corrected chi connectivity index (χ0v) is 63.3. The third kappa shape index (κ3) is 7.50. The van der Waals surface area contributed by atoms with Gasteiger partial charge < -0.3 is 4.57 Å². The van der Waals surface area contributed by atoms with Crippen LogP contribution in [0.3, 0.4) is 0 Å². The normalized spacial score (nSPS) is 13.8. The molecule has 16 aromatic heterocycles. The van der Waals surface area contributed by atoms with E-state index in [1.54, 1.807) is 6.33 Å². The summed E-state index contributed by atoms with van der Waals surface area (Å²) in [5, 5.41) is 7.50. The minimum absolute atomic E-state index is 0.383. The Morgan fingerprint density at radius 3 is 1.49 bits per heavy atom.